The summed E-state index contributed by atoms with van der Waals surface area (Å²) in [6, 6.07) is 0.573. The van der Waals surface area contributed by atoms with Crippen LogP contribution in [0, 0.1) is 11.8 Å². The highest BCUT2D eigenvalue weighted by atomic mass is 16.2. The van der Waals surface area contributed by atoms with E-state index in [0.717, 1.165) is 38.4 Å². The fraction of sp³-hybridized carbons (Fsp3) is 0.947. The molecular formula is C19H37N3O. The van der Waals surface area contributed by atoms with Gasteiger partial charge in [-0.15, -0.1) is 0 Å². The average Bonchev–Trinajstić information content (AvgIpc) is 2.81. The lowest BCUT2D eigenvalue weighted by Crippen LogP contribution is -2.45. The van der Waals surface area contributed by atoms with E-state index in [1.165, 1.54) is 45.3 Å². The standard InChI is InChI=1S/C19H37N3O/c1-16(2)19(23)22-12-8-18(9-13-22)14-20-17(3)15-21-10-6-4-5-7-11-21/h16-18,20H,4-15H2,1-3H3. The maximum atomic E-state index is 12.0. The Morgan fingerprint density at radius 2 is 1.61 bits per heavy atom. The van der Waals surface area contributed by atoms with Gasteiger partial charge in [-0.25, -0.2) is 0 Å². The van der Waals surface area contributed by atoms with Crippen molar-refractivity contribution in [1.82, 2.24) is 15.1 Å². The molecule has 1 unspecified atom stereocenters. The SMILES string of the molecule is CC(CN1CCCCCC1)NCC1CCN(C(=O)C(C)C)CC1. The number of amides is 1. The molecule has 0 aromatic heterocycles. The summed E-state index contributed by atoms with van der Waals surface area (Å²) in [6.07, 6.45) is 7.87. The highest BCUT2D eigenvalue weighted by molar-refractivity contribution is 5.78. The van der Waals surface area contributed by atoms with Crippen LogP contribution in [0.1, 0.15) is 59.3 Å². The van der Waals surface area contributed by atoms with Crippen molar-refractivity contribution in [1.29, 1.82) is 0 Å². The zero-order valence-electron chi connectivity index (χ0n) is 15.5. The predicted octanol–water partition coefficient (Wildman–Crippen LogP) is 2.74. The van der Waals surface area contributed by atoms with Crippen molar-refractivity contribution in [3.8, 4) is 0 Å². The minimum absolute atomic E-state index is 0.137. The maximum Gasteiger partial charge on any atom is 0.225 e. The summed E-state index contributed by atoms with van der Waals surface area (Å²) in [5, 5.41) is 3.74. The highest BCUT2D eigenvalue weighted by Crippen LogP contribution is 2.18. The van der Waals surface area contributed by atoms with Gasteiger partial charge in [-0.3, -0.25) is 4.79 Å². The molecule has 23 heavy (non-hydrogen) atoms. The monoisotopic (exact) mass is 323 g/mol. The number of rotatable bonds is 6. The van der Waals surface area contributed by atoms with Gasteiger partial charge in [0, 0.05) is 31.6 Å². The van der Waals surface area contributed by atoms with Gasteiger partial charge in [0.25, 0.3) is 0 Å². The predicted molar refractivity (Wildman–Crippen MR) is 96.5 cm³/mol. The minimum Gasteiger partial charge on any atom is -0.342 e. The Labute approximate surface area is 143 Å². The van der Waals surface area contributed by atoms with Crippen LogP contribution in [-0.2, 0) is 4.79 Å². The van der Waals surface area contributed by atoms with Crippen molar-refractivity contribution in [2.45, 2.75) is 65.3 Å². The Morgan fingerprint density at radius 3 is 2.17 bits per heavy atom. The van der Waals surface area contributed by atoms with Gasteiger partial charge in [0.2, 0.25) is 5.91 Å². The van der Waals surface area contributed by atoms with E-state index in [2.05, 4.69) is 22.0 Å². The van der Waals surface area contributed by atoms with Crippen molar-refractivity contribution < 1.29 is 4.79 Å². The van der Waals surface area contributed by atoms with Crippen molar-refractivity contribution in [2.75, 3.05) is 39.3 Å². The van der Waals surface area contributed by atoms with Crippen molar-refractivity contribution in [3.05, 3.63) is 0 Å². The molecule has 1 atom stereocenters. The molecule has 0 bridgehead atoms. The van der Waals surface area contributed by atoms with E-state index < -0.39 is 0 Å². The molecule has 0 spiro atoms. The molecule has 0 aromatic rings. The second-order valence-electron chi connectivity index (χ2n) is 7.95. The summed E-state index contributed by atoms with van der Waals surface area (Å²) < 4.78 is 0. The number of carbonyl (C=O) groups excluding carboxylic acids is 1. The Morgan fingerprint density at radius 1 is 1.00 bits per heavy atom. The van der Waals surface area contributed by atoms with E-state index >= 15 is 0 Å². The topological polar surface area (TPSA) is 35.6 Å². The molecule has 2 heterocycles. The van der Waals surface area contributed by atoms with Crippen LogP contribution < -0.4 is 5.32 Å². The molecule has 4 nitrogen and oxygen atoms in total. The number of carbonyl (C=O) groups is 1. The molecule has 0 aromatic carbocycles. The molecule has 134 valence electrons. The van der Waals surface area contributed by atoms with Gasteiger partial charge in [0.15, 0.2) is 0 Å². The third-order valence-corrected chi connectivity index (χ3v) is 5.41. The molecule has 2 fully saturated rings. The van der Waals surface area contributed by atoms with Gasteiger partial charge in [-0.1, -0.05) is 26.7 Å². The van der Waals surface area contributed by atoms with Gasteiger partial charge in [-0.2, -0.15) is 0 Å². The summed E-state index contributed by atoms with van der Waals surface area (Å²) in [5.41, 5.74) is 0. The minimum atomic E-state index is 0.137. The zero-order valence-corrected chi connectivity index (χ0v) is 15.5. The van der Waals surface area contributed by atoms with Crippen LogP contribution in [0.3, 0.4) is 0 Å². The molecule has 1 amide bonds. The number of nitrogens with zero attached hydrogens (tertiary/aromatic N) is 2. The van der Waals surface area contributed by atoms with Crippen molar-refractivity contribution in [3.63, 3.8) is 0 Å². The van der Waals surface area contributed by atoms with Gasteiger partial charge in [-0.05, 0) is 58.2 Å². The summed E-state index contributed by atoms with van der Waals surface area (Å²) in [5.74, 6) is 1.20. The van der Waals surface area contributed by atoms with E-state index in [4.69, 9.17) is 0 Å². The zero-order chi connectivity index (χ0) is 16.7. The van der Waals surface area contributed by atoms with E-state index in [1.807, 2.05) is 13.8 Å². The largest absolute Gasteiger partial charge is 0.342 e. The van der Waals surface area contributed by atoms with E-state index in [1.54, 1.807) is 0 Å². The molecule has 0 aliphatic carbocycles. The summed E-state index contributed by atoms with van der Waals surface area (Å²) in [4.78, 5) is 16.7. The van der Waals surface area contributed by atoms with Crippen LogP contribution in [0.2, 0.25) is 0 Å². The Balaban J connectivity index is 1.61. The first-order valence-corrected chi connectivity index (χ1v) is 9.80. The summed E-state index contributed by atoms with van der Waals surface area (Å²) in [7, 11) is 0. The van der Waals surface area contributed by atoms with Gasteiger partial charge in [0.1, 0.15) is 0 Å². The molecule has 0 radical (unpaired) electrons. The van der Waals surface area contributed by atoms with E-state index in [9.17, 15) is 4.79 Å². The first-order valence-electron chi connectivity index (χ1n) is 9.80. The van der Waals surface area contributed by atoms with Gasteiger partial charge >= 0.3 is 0 Å². The molecule has 1 N–H and O–H groups in total. The van der Waals surface area contributed by atoms with E-state index in [-0.39, 0.29) is 5.92 Å². The van der Waals surface area contributed by atoms with Crippen LogP contribution >= 0.6 is 0 Å². The van der Waals surface area contributed by atoms with Crippen molar-refractivity contribution >= 4 is 5.91 Å². The van der Waals surface area contributed by atoms with Crippen LogP contribution in [0.5, 0.6) is 0 Å². The average molecular weight is 324 g/mol. The Bertz CT molecular complexity index is 343. The van der Waals surface area contributed by atoms with Crippen LogP contribution in [0.25, 0.3) is 0 Å². The number of hydrogen-bond acceptors (Lipinski definition) is 3. The molecule has 2 aliphatic rings. The smallest absolute Gasteiger partial charge is 0.225 e. The Hall–Kier alpha value is -0.610. The lowest BCUT2D eigenvalue weighted by atomic mass is 9.95. The van der Waals surface area contributed by atoms with Crippen molar-refractivity contribution in [2.24, 2.45) is 11.8 Å². The highest BCUT2D eigenvalue weighted by Gasteiger charge is 2.24. The fourth-order valence-corrected chi connectivity index (χ4v) is 3.86. The third kappa shape index (κ3) is 6.42. The van der Waals surface area contributed by atoms with Crippen LogP contribution in [0.4, 0.5) is 0 Å². The Kier molecular flexibility index (Phi) is 7.84. The number of piperidine rings is 1. The first-order chi connectivity index (χ1) is 11.1. The number of hydrogen-bond donors (Lipinski definition) is 1. The molecule has 2 saturated heterocycles. The summed E-state index contributed by atoms with van der Waals surface area (Å²) in [6.45, 7) is 13.1. The molecule has 0 saturated carbocycles. The lowest BCUT2D eigenvalue weighted by Gasteiger charge is -2.34. The quantitative estimate of drug-likeness (QED) is 0.816. The number of nitrogens with one attached hydrogen (secondary N) is 1. The molecule has 2 rings (SSSR count). The van der Waals surface area contributed by atoms with Crippen LogP contribution in [0.15, 0.2) is 0 Å². The number of likely N-dealkylation sites (tertiary alicyclic amines) is 2. The third-order valence-electron chi connectivity index (χ3n) is 5.41. The normalized spacial score (nSPS) is 23.0. The molecule has 2 aliphatic heterocycles. The summed E-state index contributed by atoms with van der Waals surface area (Å²) >= 11 is 0. The molecule has 4 heteroatoms. The maximum absolute atomic E-state index is 12.0. The van der Waals surface area contributed by atoms with Gasteiger partial charge in [0.05, 0.1) is 0 Å². The second-order valence-corrected chi connectivity index (χ2v) is 7.95. The lowest BCUT2D eigenvalue weighted by molar-refractivity contribution is -0.135. The van der Waals surface area contributed by atoms with Crippen LogP contribution in [-0.4, -0.2) is 61.0 Å². The van der Waals surface area contributed by atoms with E-state index in [0.29, 0.717) is 11.9 Å². The fourth-order valence-electron chi connectivity index (χ4n) is 3.86. The second kappa shape index (κ2) is 9.63. The van der Waals surface area contributed by atoms with Gasteiger partial charge < -0.3 is 15.1 Å². The first kappa shape index (κ1) is 18.7. The molecular weight excluding hydrogens is 286 g/mol.